The topological polar surface area (TPSA) is 20.3 Å². The van der Waals surface area contributed by atoms with E-state index in [1.165, 1.54) is 0 Å². The van der Waals surface area contributed by atoms with E-state index in [2.05, 4.69) is 0 Å². The number of nitrogens with zero attached hydrogens (tertiary/aromatic N) is 1. The van der Waals surface area contributed by atoms with E-state index in [0.717, 1.165) is 17.7 Å². The second kappa shape index (κ2) is 6.19. The Labute approximate surface area is 114 Å². The summed E-state index contributed by atoms with van der Waals surface area (Å²) >= 11 is 0. The highest BCUT2D eigenvalue weighted by Gasteiger charge is 2.24. The summed E-state index contributed by atoms with van der Waals surface area (Å²) in [5, 5.41) is 0. The van der Waals surface area contributed by atoms with Crippen molar-refractivity contribution in [1.29, 1.82) is 0 Å². The summed E-state index contributed by atoms with van der Waals surface area (Å²) in [6.07, 6.45) is 0. The maximum atomic E-state index is 12.6. The van der Waals surface area contributed by atoms with Crippen molar-refractivity contribution in [3.8, 4) is 0 Å². The summed E-state index contributed by atoms with van der Waals surface area (Å²) in [6.45, 7) is 2.71. The fourth-order valence-corrected chi connectivity index (χ4v) is 2.14. The van der Waals surface area contributed by atoms with Gasteiger partial charge in [-0.25, -0.2) is 0 Å². The standard InChI is InChI=1S/C17H19NO/c1-3-18(2)17(19)16(14-10-6-4-7-11-14)15-12-8-5-9-13-15/h4-13,16H,3H2,1-2H3. The summed E-state index contributed by atoms with van der Waals surface area (Å²) < 4.78 is 0. The van der Waals surface area contributed by atoms with E-state index in [-0.39, 0.29) is 11.8 Å². The lowest BCUT2D eigenvalue weighted by Gasteiger charge is -2.23. The lowest BCUT2D eigenvalue weighted by Crippen LogP contribution is -2.32. The molecule has 2 aromatic rings. The van der Waals surface area contributed by atoms with Crippen molar-refractivity contribution < 1.29 is 4.79 Å². The predicted octanol–water partition coefficient (Wildman–Crippen LogP) is 3.30. The summed E-state index contributed by atoms with van der Waals surface area (Å²) in [6, 6.07) is 19.9. The molecule has 0 radical (unpaired) electrons. The molecule has 19 heavy (non-hydrogen) atoms. The van der Waals surface area contributed by atoms with Crippen molar-refractivity contribution >= 4 is 5.91 Å². The summed E-state index contributed by atoms with van der Waals surface area (Å²) in [4.78, 5) is 14.4. The molecule has 0 fully saturated rings. The van der Waals surface area contributed by atoms with E-state index in [4.69, 9.17) is 0 Å². The van der Waals surface area contributed by atoms with Crippen LogP contribution in [-0.2, 0) is 4.79 Å². The molecule has 0 heterocycles. The first-order valence-corrected chi connectivity index (χ1v) is 6.59. The quantitative estimate of drug-likeness (QED) is 0.818. The van der Waals surface area contributed by atoms with E-state index in [0.29, 0.717) is 0 Å². The van der Waals surface area contributed by atoms with Crippen LogP contribution >= 0.6 is 0 Å². The minimum atomic E-state index is -0.215. The van der Waals surface area contributed by atoms with Gasteiger partial charge in [0.15, 0.2) is 0 Å². The SMILES string of the molecule is CCN(C)C(=O)C(c1ccccc1)c1ccccc1. The van der Waals surface area contributed by atoms with E-state index in [1.807, 2.05) is 74.6 Å². The highest BCUT2D eigenvalue weighted by Crippen LogP contribution is 2.26. The molecule has 1 amide bonds. The first-order valence-electron chi connectivity index (χ1n) is 6.59. The van der Waals surface area contributed by atoms with Crippen LogP contribution in [0.2, 0.25) is 0 Å². The molecule has 0 aromatic heterocycles. The van der Waals surface area contributed by atoms with Crippen LogP contribution in [0.15, 0.2) is 60.7 Å². The van der Waals surface area contributed by atoms with E-state index < -0.39 is 0 Å². The van der Waals surface area contributed by atoms with Gasteiger partial charge in [0.05, 0.1) is 5.92 Å². The van der Waals surface area contributed by atoms with E-state index in [1.54, 1.807) is 4.90 Å². The summed E-state index contributed by atoms with van der Waals surface area (Å²) in [5.74, 6) is -0.0766. The van der Waals surface area contributed by atoms with Crippen LogP contribution in [0.25, 0.3) is 0 Å². The minimum absolute atomic E-state index is 0.139. The number of rotatable bonds is 4. The fourth-order valence-electron chi connectivity index (χ4n) is 2.14. The van der Waals surface area contributed by atoms with E-state index in [9.17, 15) is 4.79 Å². The maximum Gasteiger partial charge on any atom is 0.234 e. The Hall–Kier alpha value is -2.09. The van der Waals surface area contributed by atoms with E-state index >= 15 is 0 Å². The highest BCUT2D eigenvalue weighted by atomic mass is 16.2. The number of carbonyl (C=O) groups is 1. The molecule has 0 bridgehead atoms. The second-order valence-electron chi connectivity index (χ2n) is 4.61. The number of likely N-dealkylation sites (N-methyl/N-ethyl adjacent to an activating group) is 1. The fraction of sp³-hybridized carbons (Fsp3) is 0.235. The monoisotopic (exact) mass is 253 g/mol. The van der Waals surface area contributed by atoms with Gasteiger partial charge in [-0.05, 0) is 18.1 Å². The average Bonchev–Trinajstić information content (AvgIpc) is 2.49. The molecule has 0 atom stereocenters. The van der Waals surface area contributed by atoms with Gasteiger partial charge in [-0.1, -0.05) is 60.7 Å². The van der Waals surface area contributed by atoms with Gasteiger partial charge in [0.25, 0.3) is 0 Å². The summed E-state index contributed by atoms with van der Waals surface area (Å²) in [7, 11) is 1.85. The third-order valence-electron chi connectivity index (χ3n) is 3.36. The Kier molecular flexibility index (Phi) is 4.35. The van der Waals surface area contributed by atoms with Crippen LogP contribution in [0, 0.1) is 0 Å². The lowest BCUT2D eigenvalue weighted by atomic mass is 9.90. The molecule has 2 nitrogen and oxygen atoms in total. The molecule has 2 aromatic carbocycles. The molecule has 0 N–H and O–H groups in total. The van der Waals surface area contributed by atoms with Crippen molar-refractivity contribution in [2.24, 2.45) is 0 Å². The molecule has 0 saturated heterocycles. The Morgan fingerprint density at radius 1 is 0.947 bits per heavy atom. The molecule has 0 aliphatic rings. The largest absolute Gasteiger partial charge is 0.345 e. The van der Waals surface area contributed by atoms with Crippen LogP contribution in [0.5, 0.6) is 0 Å². The molecule has 0 aliphatic carbocycles. The van der Waals surface area contributed by atoms with Crippen molar-refractivity contribution in [2.45, 2.75) is 12.8 Å². The zero-order valence-electron chi connectivity index (χ0n) is 11.4. The van der Waals surface area contributed by atoms with Crippen LogP contribution < -0.4 is 0 Å². The highest BCUT2D eigenvalue weighted by molar-refractivity contribution is 5.87. The lowest BCUT2D eigenvalue weighted by molar-refractivity contribution is -0.130. The normalized spacial score (nSPS) is 10.5. The molecule has 2 rings (SSSR count). The smallest absolute Gasteiger partial charge is 0.234 e. The van der Waals surface area contributed by atoms with Crippen LogP contribution in [0.4, 0.5) is 0 Å². The second-order valence-corrected chi connectivity index (χ2v) is 4.61. The van der Waals surface area contributed by atoms with Crippen LogP contribution in [0.3, 0.4) is 0 Å². The average molecular weight is 253 g/mol. The van der Waals surface area contributed by atoms with Gasteiger partial charge in [-0.3, -0.25) is 4.79 Å². The molecule has 2 heteroatoms. The van der Waals surface area contributed by atoms with Gasteiger partial charge in [0.1, 0.15) is 0 Å². The van der Waals surface area contributed by atoms with Crippen LogP contribution in [-0.4, -0.2) is 24.4 Å². The van der Waals surface area contributed by atoms with Gasteiger partial charge in [0.2, 0.25) is 5.91 Å². The van der Waals surface area contributed by atoms with Gasteiger partial charge in [-0.2, -0.15) is 0 Å². The number of hydrogen-bond acceptors (Lipinski definition) is 1. The Morgan fingerprint density at radius 2 is 1.37 bits per heavy atom. The molecule has 0 aliphatic heterocycles. The number of hydrogen-bond donors (Lipinski definition) is 0. The predicted molar refractivity (Wildman–Crippen MR) is 78.0 cm³/mol. The molecule has 0 spiro atoms. The number of benzene rings is 2. The molecular weight excluding hydrogens is 234 g/mol. The molecule has 0 unspecified atom stereocenters. The Balaban J connectivity index is 2.43. The zero-order valence-corrected chi connectivity index (χ0v) is 11.4. The molecule has 0 saturated carbocycles. The van der Waals surface area contributed by atoms with Crippen molar-refractivity contribution in [1.82, 2.24) is 4.90 Å². The minimum Gasteiger partial charge on any atom is -0.345 e. The number of carbonyl (C=O) groups excluding carboxylic acids is 1. The zero-order chi connectivity index (χ0) is 13.7. The summed E-state index contributed by atoms with van der Waals surface area (Å²) in [5.41, 5.74) is 2.08. The van der Waals surface area contributed by atoms with Gasteiger partial charge in [-0.15, -0.1) is 0 Å². The van der Waals surface area contributed by atoms with Gasteiger partial charge >= 0.3 is 0 Å². The van der Waals surface area contributed by atoms with Crippen molar-refractivity contribution in [2.75, 3.05) is 13.6 Å². The molecule has 98 valence electrons. The number of amides is 1. The first kappa shape index (κ1) is 13.3. The van der Waals surface area contributed by atoms with Gasteiger partial charge in [0, 0.05) is 13.6 Å². The Bertz CT molecular complexity index is 482. The van der Waals surface area contributed by atoms with Crippen molar-refractivity contribution in [3.05, 3.63) is 71.8 Å². The molecular formula is C17H19NO. The first-order chi connectivity index (χ1) is 9.24. The third-order valence-corrected chi connectivity index (χ3v) is 3.36. The van der Waals surface area contributed by atoms with Gasteiger partial charge < -0.3 is 4.90 Å². The van der Waals surface area contributed by atoms with Crippen molar-refractivity contribution in [3.63, 3.8) is 0 Å². The third kappa shape index (κ3) is 3.02. The maximum absolute atomic E-state index is 12.6. The van der Waals surface area contributed by atoms with Crippen LogP contribution in [0.1, 0.15) is 24.0 Å². The Morgan fingerprint density at radius 3 is 1.74 bits per heavy atom.